The Labute approximate surface area is 208 Å². The largest absolute Gasteiger partial charge is 0.492 e. The number of hydrogen-bond donors (Lipinski definition) is 2. The third-order valence-corrected chi connectivity index (χ3v) is 7.80. The summed E-state index contributed by atoms with van der Waals surface area (Å²) in [5, 5.41) is 11.1. The Kier molecular flexibility index (Phi) is 5.71. The maximum Gasteiger partial charge on any atom is 0.236 e. The topological polar surface area (TPSA) is 102 Å². The first-order chi connectivity index (χ1) is 17.1. The van der Waals surface area contributed by atoms with Crippen molar-refractivity contribution in [1.82, 2.24) is 19.1 Å². The number of aryl methyl sites for hydroxylation is 3. The van der Waals surface area contributed by atoms with Crippen LogP contribution in [0.25, 0.3) is 33.3 Å². The molecule has 8 nitrogen and oxygen atoms in total. The van der Waals surface area contributed by atoms with E-state index >= 15 is 0 Å². The monoisotopic (exact) mass is 507 g/mol. The standard InChI is InChI=1S/C26H26FN5O3S/c1-5-36(34,35)30-21-7-6-8-22-23(21)29-25(20-13-31(4)24-18(20)9-10-28-26(24)33)32(22)14-19-15(2)11-17(27)12-16(19)3/h6-13,30H,5,14H2,1-4H3,(H,28,33). The van der Waals surface area contributed by atoms with Crippen molar-refractivity contribution in [2.45, 2.75) is 27.3 Å². The van der Waals surface area contributed by atoms with E-state index in [9.17, 15) is 17.9 Å². The van der Waals surface area contributed by atoms with E-state index in [1.165, 1.54) is 18.3 Å². The number of aromatic hydroxyl groups is 1. The molecule has 3 heterocycles. The Morgan fingerprint density at radius 3 is 2.56 bits per heavy atom. The summed E-state index contributed by atoms with van der Waals surface area (Å²) in [4.78, 5) is 8.91. The first-order valence-corrected chi connectivity index (χ1v) is 13.1. The highest BCUT2D eigenvalue weighted by Gasteiger charge is 2.22. The van der Waals surface area contributed by atoms with Crippen LogP contribution in [0.2, 0.25) is 0 Å². The highest BCUT2D eigenvalue weighted by Crippen LogP contribution is 2.37. The van der Waals surface area contributed by atoms with E-state index in [4.69, 9.17) is 4.98 Å². The average Bonchev–Trinajstić information content (AvgIpc) is 3.35. The third-order valence-electron chi connectivity index (χ3n) is 6.51. The number of halogens is 1. The molecule has 5 rings (SSSR count). The van der Waals surface area contributed by atoms with Gasteiger partial charge < -0.3 is 14.2 Å². The molecule has 0 saturated carbocycles. The number of rotatable bonds is 6. The van der Waals surface area contributed by atoms with Crippen LogP contribution in [0.3, 0.4) is 0 Å². The molecule has 10 heteroatoms. The summed E-state index contributed by atoms with van der Waals surface area (Å²) < 4.78 is 45.2. The third kappa shape index (κ3) is 3.97. The molecule has 186 valence electrons. The molecule has 0 atom stereocenters. The molecule has 2 N–H and O–H groups in total. The number of aromatic nitrogens is 4. The van der Waals surface area contributed by atoms with Crippen LogP contribution in [-0.4, -0.2) is 38.4 Å². The van der Waals surface area contributed by atoms with Crippen molar-refractivity contribution in [3.05, 3.63) is 71.3 Å². The summed E-state index contributed by atoms with van der Waals surface area (Å²) in [7, 11) is -1.72. The second-order valence-electron chi connectivity index (χ2n) is 8.90. The molecule has 0 amide bonds. The first-order valence-electron chi connectivity index (χ1n) is 11.5. The van der Waals surface area contributed by atoms with Crippen LogP contribution in [0.4, 0.5) is 10.1 Å². The number of sulfonamides is 1. The van der Waals surface area contributed by atoms with Crippen LogP contribution < -0.4 is 4.72 Å². The smallest absolute Gasteiger partial charge is 0.236 e. The molecule has 5 aromatic rings. The lowest BCUT2D eigenvalue weighted by Gasteiger charge is -2.14. The molecule has 0 aliphatic carbocycles. The summed E-state index contributed by atoms with van der Waals surface area (Å²) in [5.41, 5.74) is 5.48. The molecule has 0 aliphatic heterocycles. The van der Waals surface area contributed by atoms with Crippen molar-refractivity contribution in [2.24, 2.45) is 7.05 Å². The Morgan fingerprint density at radius 1 is 1.14 bits per heavy atom. The van der Waals surface area contributed by atoms with Crippen LogP contribution in [0.1, 0.15) is 23.6 Å². The number of benzene rings is 2. The van der Waals surface area contributed by atoms with Gasteiger partial charge in [0.05, 0.1) is 23.5 Å². The lowest BCUT2D eigenvalue weighted by molar-refractivity contribution is 0.457. The number of imidazole rings is 1. The number of pyridine rings is 1. The Bertz CT molecular complexity index is 1730. The van der Waals surface area contributed by atoms with Gasteiger partial charge in [0.1, 0.15) is 22.7 Å². The Hall–Kier alpha value is -3.92. The van der Waals surface area contributed by atoms with Gasteiger partial charge in [-0.1, -0.05) is 6.07 Å². The maximum absolute atomic E-state index is 14.0. The molecule has 36 heavy (non-hydrogen) atoms. The molecular formula is C26H26FN5O3S. The highest BCUT2D eigenvalue weighted by atomic mass is 32.2. The highest BCUT2D eigenvalue weighted by molar-refractivity contribution is 7.92. The first kappa shape index (κ1) is 23.8. The van der Waals surface area contributed by atoms with Gasteiger partial charge in [-0.3, -0.25) is 4.72 Å². The van der Waals surface area contributed by atoms with Gasteiger partial charge in [-0.2, -0.15) is 0 Å². The zero-order chi connectivity index (χ0) is 25.8. The van der Waals surface area contributed by atoms with Gasteiger partial charge in [0, 0.05) is 30.4 Å². The van der Waals surface area contributed by atoms with E-state index in [-0.39, 0.29) is 17.5 Å². The van der Waals surface area contributed by atoms with Crippen LogP contribution in [0.15, 0.2) is 48.8 Å². The number of anilines is 1. The molecule has 0 spiro atoms. The van der Waals surface area contributed by atoms with Crippen molar-refractivity contribution < 1.29 is 17.9 Å². The molecule has 0 radical (unpaired) electrons. The number of para-hydroxylation sites is 1. The number of hydrogen-bond acceptors (Lipinski definition) is 5. The van der Waals surface area contributed by atoms with E-state index in [0.29, 0.717) is 29.1 Å². The van der Waals surface area contributed by atoms with Crippen LogP contribution in [0.5, 0.6) is 5.88 Å². The molecule has 2 aromatic carbocycles. The predicted octanol–water partition coefficient (Wildman–Crippen LogP) is 4.86. The van der Waals surface area contributed by atoms with Gasteiger partial charge in [-0.25, -0.2) is 22.8 Å². The van der Waals surface area contributed by atoms with Crippen molar-refractivity contribution >= 4 is 37.6 Å². The molecule has 0 saturated heterocycles. The SMILES string of the molecule is CCS(=O)(=O)Nc1cccc2c1nc(-c1cn(C)c3c(O)nccc13)n2Cc1c(C)cc(F)cc1C. The number of nitrogens with one attached hydrogen (secondary N) is 1. The second-order valence-corrected chi connectivity index (χ2v) is 10.9. The Morgan fingerprint density at radius 2 is 1.86 bits per heavy atom. The molecule has 0 fully saturated rings. The van der Waals surface area contributed by atoms with Crippen LogP contribution >= 0.6 is 0 Å². The summed E-state index contributed by atoms with van der Waals surface area (Å²) in [6.07, 6.45) is 3.40. The summed E-state index contributed by atoms with van der Waals surface area (Å²) >= 11 is 0. The molecule has 0 bridgehead atoms. The summed E-state index contributed by atoms with van der Waals surface area (Å²) in [5.74, 6) is 0.135. The van der Waals surface area contributed by atoms with Crippen molar-refractivity contribution in [3.63, 3.8) is 0 Å². The van der Waals surface area contributed by atoms with E-state index < -0.39 is 10.0 Å². The van der Waals surface area contributed by atoms with Gasteiger partial charge in [-0.15, -0.1) is 0 Å². The molecular weight excluding hydrogens is 481 g/mol. The van der Waals surface area contributed by atoms with E-state index in [0.717, 1.165) is 33.2 Å². The van der Waals surface area contributed by atoms with E-state index in [1.54, 1.807) is 23.6 Å². The van der Waals surface area contributed by atoms with E-state index in [1.807, 2.05) is 43.8 Å². The second kappa shape index (κ2) is 8.63. The quantitative estimate of drug-likeness (QED) is 0.342. The van der Waals surface area contributed by atoms with E-state index in [2.05, 4.69) is 9.71 Å². The fourth-order valence-electron chi connectivity index (χ4n) is 4.70. The van der Waals surface area contributed by atoms with Gasteiger partial charge in [-0.05, 0) is 67.8 Å². The van der Waals surface area contributed by atoms with Gasteiger partial charge in [0.15, 0.2) is 0 Å². The molecule has 0 aliphatic rings. The lowest BCUT2D eigenvalue weighted by Crippen LogP contribution is -2.14. The van der Waals surface area contributed by atoms with Gasteiger partial charge in [0.2, 0.25) is 15.9 Å². The molecule has 3 aromatic heterocycles. The van der Waals surface area contributed by atoms with Gasteiger partial charge >= 0.3 is 0 Å². The Balaban J connectivity index is 1.81. The van der Waals surface area contributed by atoms with Crippen molar-refractivity contribution in [2.75, 3.05) is 10.5 Å². The van der Waals surface area contributed by atoms with Crippen molar-refractivity contribution in [3.8, 4) is 17.3 Å². The molecule has 0 unspecified atom stereocenters. The number of nitrogens with zero attached hydrogens (tertiary/aromatic N) is 4. The fraction of sp³-hybridized carbons (Fsp3) is 0.231. The average molecular weight is 508 g/mol. The predicted molar refractivity (Wildman–Crippen MR) is 139 cm³/mol. The zero-order valence-electron chi connectivity index (χ0n) is 20.4. The lowest BCUT2D eigenvalue weighted by atomic mass is 10.0. The van der Waals surface area contributed by atoms with Crippen molar-refractivity contribution in [1.29, 1.82) is 0 Å². The summed E-state index contributed by atoms with van der Waals surface area (Å²) in [6, 6.07) is 10.2. The minimum Gasteiger partial charge on any atom is -0.492 e. The van der Waals surface area contributed by atoms with Gasteiger partial charge in [0.25, 0.3) is 0 Å². The van der Waals surface area contributed by atoms with Crippen LogP contribution in [-0.2, 0) is 23.6 Å². The normalized spacial score (nSPS) is 12.0. The van der Waals surface area contributed by atoms with Crippen LogP contribution in [0, 0.1) is 19.7 Å². The zero-order valence-corrected chi connectivity index (χ0v) is 21.2. The maximum atomic E-state index is 14.0. The minimum absolute atomic E-state index is 0.0689. The summed E-state index contributed by atoms with van der Waals surface area (Å²) in [6.45, 7) is 5.70. The minimum atomic E-state index is -3.53. The fourth-order valence-corrected chi connectivity index (χ4v) is 5.34. The number of fused-ring (bicyclic) bond motifs is 2.